The van der Waals surface area contributed by atoms with Gasteiger partial charge in [-0.25, -0.2) is 5.01 Å². The van der Waals surface area contributed by atoms with Crippen molar-refractivity contribution in [3.8, 4) is 17.3 Å². The lowest BCUT2D eigenvalue weighted by atomic mass is 10.0. The molecule has 1 aliphatic heterocycles. The number of nitrogens with zero attached hydrogens (tertiary/aromatic N) is 5. The number of aromatic nitrogens is 3. The van der Waals surface area contributed by atoms with E-state index in [0.29, 0.717) is 35.5 Å². The summed E-state index contributed by atoms with van der Waals surface area (Å²) in [5.74, 6) is 2.60. The van der Waals surface area contributed by atoms with Gasteiger partial charge in [0.2, 0.25) is 5.82 Å². The Labute approximate surface area is 206 Å². The summed E-state index contributed by atoms with van der Waals surface area (Å²) in [6, 6.07) is 14.6. The fourth-order valence-corrected chi connectivity index (χ4v) is 4.67. The van der Waals surface area contributed by atoms with Crippen LogP contribution in [0.1, 0.15) is 23.8 Å². The van der Waals surface area contributed by atoms with E-state index in [4.69, 9.17) is 13.6 Å². The van der Waals surface area contributed by atoms with Crippen molar-refractivity contribution in [2.45, 2.75) is 24.2 Å². The van der Waals surface area contributed by atoms with Crippen LogP contribution in [0.25, 0.3) is 11.6 Å². The van der Waals surface area contributed by atoms with Crippen LogP contribution < -0.4 is 4.74 Å². The van der Waals surface area contributed by atoms with Gasteiger partial charge >= 0.3 is 0 Å². The first-order chi connectivity index (χ1) is 17.2. The van der Waals surface area contributed by atoms with Crippen LogP contribution in [0.4, 0.5) is 0 Å². The first-order valence-corrected chi connectivity index (χ1v) is 11.9. The smallest absolute Gasteiger partial charge is 0.253 e. The lowest BCUT2D eigenvalue weighted by Gasteiger charge is -2.19. The van der Waals surface area contributed by atoms with Crippen molar-refractivity contribution in [3.05, 3.63) is 85.0 Å². The van der Waals surface area contributed by atoms with Gasteiger partial charge in [0.25, 0.3) is 5.91 Å². The third kappa shape index (κ3) is 4.65. The molecule has 0 N–H and O–H groups in total. The molecule has 0 bridgehead atoms. The summed E-state index contributed by atoms with van der Waals surface area (Å²) in [6.07, 6.45) is 5.48. The number of carbonyl (C=O) groups is 1. The van der Waals surface area contributed by atoms with Crippen molar-refractivity contribution in [3.63, 3.8) is 0 Å². The predicted molar refractivity (Wildman–Crippen MR) is 131 cm³/mol. The van der Waals surface area contributed by atoms with Crippen LogP contribution in [0, 0.1) is 0 Å². The average molecular weight is 490 g/mol. The third-order valence-electron chi connectivity index (χ3n) is 5.56. The summed E-state index contributed by atoms with van der Waals surface area (Å²) in [5, 5.41) is 15.3. The highest BCUT2D eigenvalue weighted by molar-refractivity contribution is 7.99. The van der Waals surface area contributed by atoms with Crippen LogP contribution in [0.5, 0.6) is 5.75 Å². The van der Waals surface area contributed by atoms with E-state index < -0.39 is 0 Å². The molecule has 1 atom stereocenters. The standard InChI is InChI=1S/C25H23N5O4S/c1-3-12-29-24(22-7-5-14-34-22)26-27-25(29)35-16-23(31)30-20(21-6-4-13-33-21)15-19(28-30)17-8-10-18(32-2)11-9-17/h3-11,13-14,20H,1,12,15-16H2,2H3. The fourth-order valence-electron chi connectivity index (χ4n) is 3.87. The van der Waals surface area contributed by atoms with Gasteiger partial charge in [0.05, 0.1) is 31.1 Å². The summed E-state index contributed by atoms with van der Waals surface area (Å²) in [4.78, 5) is 13.3. The number of hydrogen-bond acceptors (Lipinski definition) is 8. The van der Waals surface area contributed by atoms with Crippen LogP contribution in [0.3, 0.4) is 0 Å². The van der Waals surface area contributed by atoms with E-state index in [1.165, 1.54) is 16.8 Å². The summed E-state index contributed by atoms with van der Waals surface area (Å²) in [6.45, 7) is 4.30. The maximum atomic E-state index is 13.3. The first-order valence-electron chi connectivity index (χ1n) is 11.0. The Balaban J connectivity index is 1.37. The molecule has 178 valence electrons. The van der Waals surface area contributed by atoms with E-state index in [-0.39, 0.29) is 17.7 Å². The molecule has 0 fully saturated rings. The van der Waals surface area contributed by atoms with Gasteiger partial charge in [-0.05, 0) is 54.1 Å². The Morgan fingerprint density at radius 1 is 1.17 bits per heavy atom. The number of hydrogen-bond donors (Lipinski definition) is 0. The van der Waals surface area contributed by atoms with Crippen LogP contribution in [0.2, 0.25) is 0 Å². The van der Waals surface area contributed by atoms with Gasteiger partial charge in [-0.1, -0.05) is 17.8 Å². The topological polar surface area (TPSA) is 98.9 Å². The second-order valence-corrected chi connectivity index (χ2v) is 8.66. The Morgan fingerprint density at radius 3 is 2.66 bits per heavy atom. The minimum Gasteiger partial charge on any atom is -0.497 e. The van der Waals surface area contributed by atoms with Crippen molar-refractivity contribution in [1.29, 1.82) is 0 Å². The van der Waals surface area contributed by atoms with Gasteiger partial charge < -0.3 is 13.6 Å². The van der Waals surface area contributed by atoms with E-state index in [0.717, 1.165) is 17.0 Å². The van der Waals surface area contributed by atoms with Gasteiger partial charge in [0.15, 0.2) is 10.9 Å². The van der Waals surface area contributed by atoms with Crippen molar-refractivity contribution < 1.29 is 18.4 Å². The zero-order valence-corrected chi connectivity index (χ0v) is 19.9. The number of furan rings is 2. The molecule has 0 spiro atoms. The van der Waals surface area contributed by atoms with Crippen LogP contribution in [-0.2, 0) is 11.3 Å². The SMILES string of the molecule is C=CCn1c(SCC(=O)N2N=C(c3ccc(OC)cc3)CC2c2ccco2)nnc1-c1ccco1. The molecule has 10 heteroatoms. The quantitative estimate of drug-likeness (QED) is 0.246. The summed E-state index contributed by atoms with van der Waals surface area (Å²) in [7, 11) is 1.63. The van der Waals surface area contributed by atoms with Crippen LogP contribution in [0.15, 0.2) is 92.8 Å². The highest BCUT2D eigenvalue weighted by Gasteiger charge is 2.35. The van der Waals surface area contributed by atoms with E-state index in [1.54, 1.807) is 31.8 Å². The molecule has 5 rings (SSSR count). The largest absolute Gasteiger partial charge is 0.497 e. The number of hydrazone groups is 1. The number of ether oxygens (including phenoxy) is 1. The zero-order chi connectivity index (χ0) is 24.2. The number of methoxy groups -OCH3 is 1. The average Bonchev–Trinajstić information content (AvgIpc) is 3.68. The molecule has 9 nitrogen and oxygen atoms in total. The minimum atomic E-state index is -0.320. The van der Waals surface area contributed by atoms with E-state index in [1.807, 2.05) is 47.0 Å². The fraction of sp³-hybridized carbons (Fsp3) is 0.200. The van der Waals surface area contributed by atoms with Crippen molar-refractivity contribution in [1.82, 2.24) is 19.8 Å². The number of allylic oxidation sites excluding steroid dienone is 1. The Kier molecular flexibility index (Phi) is 6.53. The second-order valence-electron chi connectivity index (χ2n) is 7.72. The number of amides is 1. The molecule has 0 saturated heterocycles. The first kappa shape index (κ1) is 22.7. The highest BCUT2D eigenvalue weighted by atomic mass is 32.2. The van der Waals surface area contributed by atoms with Gasteiger partial charge in [-0.2, -0.15) is 5.10 Å². The maximum absolute atomic E-state index is 13.3. The van der Waals surface area contributed by atoms with E-state index in [2.05, 4.69) is 21.9 Å². The number of benzene rings is 1. The molecule has 1 unspecified atom stereocenters. The van der Waals surface area contributed by atoms with Crippen LogP contribution >= 0.6 is 11.8 Å². The monoisotopic (exact) mass is 489 g/mol. The summed E-state index contributed by atoms with van der Waals surface area (Å²) < 4.78 is 18.2. The molecule has 0 aliphatic carbocycles. The maximum Gasteiger partial charge on any atom is 0.253 e. The third-order valence-corrected chi connectivity index (χ3v) is 6.51. The molecule has 0 radical (unpaired) electrons. The summed E-state index contributed by atoms with van der Waals surface area (Å²) >= 11 is 1.29. The Morgan fingerprint density at radius 2 is 1.97 bits per heavy atom. The minimum absolute atomic E-state index is 0.129. The van der Waals surface area contributed by atoms with Crippen LogP contribution in [-0.4, -0.2) is 44.3 Å². The molecular formula is C25H23N5O4S. The predicted octanol–water partition coefficient (Wildman–Crippen LogP) is 4.80. The van der Waals surface area contributed by atoms with E-state index in [9.17, 15) is 4.79 Å². The summed E-state index contributed by atoms with van der Waals surface area (Å²) in [5.41, 5.74) is 1.74. The second kappa shape index (κ2) is 10.1. The van der Waals surface area contributed by atoms with E-state index >= 15 is 0 Å². The molecule has 4 heterocycles. The Hall–Kier alpha value is -4.05. The molecule has 1 aliphatic rings. The lowest BCUT2D eigenvalue weighted by Crippen LogP contribution is -2.28. The molecule has 0 saturated carbocycles. The van der Waals surface area contributed by atoms with Gasteiger partial charge in [-0.15, -0.1) is 16.8 Å². The number of carbonyl (C=O) groups excluding carboxylic acids is 1. The zero-order valence-electron chi connectivity index (χ0n) is 19.0. The van der Waals surface area contributed by atoms with Gasteiger partial charge in [0, 0.05) is 13.0 Å². The highest BCUT2D eigenvalue weighted by Crippen LogP contribution is 2.34. The van der Waals surface area contributed by atoms with Gasteiger partial charge in [-0.3, -0.25) is 9.36 Å². The van der Waals surface area contributed by atoms with Gasteiger partial charge in [0.1, 0.15) is 17.6 Å². The normalized spacial score (nSPS) is 15.3. The molecule has 35 heavy (non-hydrogen) atoms. The Bertz CT molecular complexity index is 1330. The van der Waals surface area contributed by atoms with Crippen molar-refractivity contribution >= 4 is 23.4 Å². The van der Waals surface area contributed by atoms with Crippen molar-refractivity contribution in [2.75, 3.05) is 12.9 Å². The number of rotatable bonds is 9. The molecule has 1 amide bonds. The number of thioether (sulfide) groups is 1. The molecule has 3 aromatic heterocycles. The lowest BCUT2D eigenvalue weighted by molar-refractivity contribution is -0.130. The molecule has 4 aromatic rings. The van der Waals surface area contributed by atoms with Crippen molar-refractivity contribution in [2.24, 2.45) is 5.10 Å². The molecule has 1 aromatic carbocycles. The molecular weight excluding hydrogens is 466 g/mol.